The van der Waals surface area contributed by atoms with Crippen LogP contribution in [0.2, 0.25) is 0 Å². The lowest BCUT2D eigenvalue weighted by molar-refractivity contribution is 0.444. The first-order chi connectivity index (χ1) is 22.6. The fraction of sp³-hybridized carbons (Fsp3) is 0.293. The summed E-state index contributed by atoms with van der Waals surface area (Å²) in [6.45, 7) is 28.2. The second-order valence-corrected chi connectivity index (χ2v) is 14.3. The van der Waals surface area contributed by atoms with E-state index >= 15 is 0 Å². The molecule has 0 atom stereocenters. The summed E-state index contributed by atoms with van der Waals surface area (Å²) in [5.41, 5.74) is 7.64. The third-order valence-electron chi connectivity index (χ3n) is 8.17. The van der Waals surface area contributed by atoms with Gasteiger partial charge < -0.3 is 19.2 Å². The number of benzene rings is 3. The van der Waals surface area contributed by atoms with E-state index < -0.39 is 0 Å². The molecular weight excluding hydrogens is 596 g/mol. The number of para-hydroxylation sites is 1. The monoisotopic (exact) mass is 638 g/mol. The van der Waals surface area contributed by atoms with Crippen LogP contribution in [0.3, 0.4) is 0 Å². The number of ether oxygens (including phenoxy) is 3. The van der Waals surface area contributed by atoms with E-state index in [9.17, 15) is 5.26 Å². The van der Waals surface area contributed by atoms with Crippen LogP contribution in [0, 0.1) is 45.6 Å². The molecule has 0 radical (unpaired) electrons. The molecule has 244 valence electrons. The van der Waals surface area contributed by atoms with Crippen molar-refractivity contribution in [1.29, 1.82) is 5.26 Å². The summed E-state index contributed by atoms with van der Waals surface area (Å²) in [6.07, 6.45) is 3.71. The Hall–Kier alpha value is -5.53. The lowest BCUT2D eigenvalue weighted by Crippen LogP contribution is -2.19. The van der Waals surface area contributed by atoms with Crippen molar-refractivity contribution < 1.29 is 14.2 Å². The van der Waals surface area contributed by atoms with Crippen molar-refractivity contribution in [2.24, 2.45) is 4.99 Å². The maximum atomic E-state index is 9.39. The molecule has 0 saturated heterocycles. The Labute approximate surface area is 284 Å². The van der Waals surface area contributed by atoms with Crippen LogP contribution in [0.1, 0.15) is 86.2 Å². The number of aliphatic imine (C=N–C) groups is 1. The maximum Gasteiger partial charge on any atom is 0.219 e. The van der Waals surface area contributed by atoms with Crippen LogP contribution < -0.4 is 14.2 Å². The lowest BCUT2D eigenvalue weighted by atomic mass is 9.79. The highest BCUT2D eigenvalue weighted by molar-refractivity contribution is 5.95. The fourth-order valence-electron chi connectivity index (χ4n) is 5.81. The molecule has 0 unspecified atom stereocenters. The highest BCUT2D eigenvalue weighted by Gasteiger charge is 2.29. The summed E-state index contributed by atoms with van der Waals surface area (Å²) in [4.78, 5) is 11.9. The number of aromatic nitrogens is 1. The summed E-state index contributed by atoms with van der Waals surface area (Å²) < 4.78 is 19.7. The number of nitriles is 1. The minimum atomic E-state index is -0.198. The van der Waals surface area contributed by atoms with Gasteiger partial charge in [-0.2, -0.15) is 5.26 Å². The van der Waals surface area contributed by atoms with Crippen LogP contribution in [0.5, 0.6) is 23.1 Å². The van der Waals surface area contributed by atoms with E-state index in [1.807, 2.05) is 76.2 Å². The molecule has 4 aromatic rings. The van der Waals surface area contributed by atoms with Gasteiger partial charge in [0.25, 0.3) is 0 Å². The molecule has 5 rings (SSSR count). The van der Waals surface area contributed by atoms with E-state index in [-0.39, 0.29) is 10.8 Å². The first-order valence-electron chi connectivity index (χ1n) is 16.0. The number of aromatic amines is 1. The average molecular weight is 639 g/mol. The Bertz CT molecular complexity index is 2000. The predicted molar refractivity (Wildman–Crippen MR) is 192 cm³/mol. The Morgan fingerprint density at radius 3 is 1.88 bits per heavy atom. The molecule has 7 heteroatoms. The molecule has 3 aromatic carbocycles. The largest absolute Gasteiger partial charge is 0.452 e. The van der Waals surface area contributed by atoms with Crippen LogP contribution in [-0.4, -0.2) is 10.9 Å². The van der Waals surface area contributed by atoms with Gasteiger partial charge in [0.2, 0.25) is 5.90 Å². The molecule has 0 amide bonds. The number of H-pyrrole nitrogens is 1. The van der Waals surface area contributed by atoms with Crippen LogP contribution in [0.25, 0.3) is 10.6 Å². The van der Waals surface area contributed by atoms with Gasteiger partial charge in [-0.1, -0.05) is 59.7 Å². The van der Waals surface area contributed by atoms with E-state index in [1.54, 1.807) is 0 Å². The number of nitrogens with one attached hydrogen (secondary N) is 1. The van der Waals surface area contributed by atoms with Crippen molar-refractivity contribution in [3.05, 3.63) is 129 Å². The number of nitrogens with zero attached hydrogens (tertiary/aromatic N) is 3. The number of hydrogen-bond donors (Lipinski definition) is 1. The zero-order valence-electron chi connectivity index (χ0n) is 29.4. The molecular formula is C41H42N4O3. The lowest BCUT2D eigenvalue weighted by Gasteiger charge is -2.30. The molecule has 1 aromatic heterocycles. The number of allylic oxidation sites excluding steroid dienone is 1. The molecule has 0 spiro atoms. The number of aryl methyl sites for hydroxylation is 4. The zero-order chi connectivity index (χ0) is 35.0. The molecule has 0 saturated carbocycles. The normalized spacial score (nSPS) is 13.9. The Balaban J connectivity index is 1.63. The Morgan fingerprint density at radius 1 is 0.771 bits per heavy atom. The predicted octanol–water partition coefficient (Wildman–Crippen LogP) is 10.9. The summed E-state index contributed by atoms with van der Waals surface area (Å²) in [7, 11) is 0. The van der Waals surface area contributed by atoms with Gasteiger partial charge in [-0.05, 0) is 97.2 Å². The van der Waals surface area contributed by atoms with E-state index in [2.05, 4.69) is 75.6 Å². The second kappa shape index (κ2) is 12.9. The first-order valence-corrected chi connectivity index (χ1v) is 16.0. The van der Waals surface area contributed by atoms with Gasteiger partial charge in [-0.3, -0.25) is 0 Å². The number of hydrogen-bond acceptors (Lipinski definition) is 5. The SMILES string of the molecule is [C-]#[N+]c1cc(C)c(OC2=NC(=C(Oc3c(C(C)(C)C)cccc3C(C)(C)C)c3ccc(Oc4c(C)cc(C#N)cc4C)[nH]3)C=C2)c(C)c1. The van der Waals surface area contributed by atoms with Crippen molar-refractivity contribution in [1.82, 2.24) is 4.98 Å². The Morgan fingerprint density at radius 2 is 1.33 bits per heavy atom. The van der Waals surface area contributed by atoms with Gasteiger partial charge in [-0.15, -0.1) is 0 Å². The number of rotatable bonds is 6. The van der Waals surface area contributed by atoms with Gasteiger partial charge in [0.05, 0.1) is 23.9 Å². The topological polar surface area (TPSA) is 84.0 Å². The van der Waals surface area contributed by atoms with Crippen LogP contribution in [-0.2, 0) is 10.8 Å². The Kier molecular flexibility index (Phi) is 9.11. The van der Waals surface area contributed by atoms with Crippen LogP contribution >= 0.6 is 0 Å². The van der Waals surface area contributed by atoms with Crippen molar-refractivity contribution >= 4 is 17.3 Å². The van der Waals surface area contributed by atoms with Gasteiger partial charge in [0, 0.05) is 23.3 Å². The second-order valence-electron chi connectivity index (χ2n) is 14.3. The molecule has 1 aliphatic heterocycles. The smallest absolute Gasteiger partial charge is 0.219 e. The van der Waals surface area contributed by atoms with Crippen molar-refractivity contribution in [2.75, 3.05) is 0 Å². The highest BCUT2D eigenvalue weighted by atomic mass is 16.5. The molecule has 0 bridgehead atoms. The average Bonchev–Trinajstić information content (AvgIpc) is 3.68. The third kappa shape index (κ3) is 7.06. The van der Waals surface area contributed by atoms with Gasteiger partial charge in [0.1, 0.15) is 22.9 Å². The van der Waals surface area contributed by atoms with Crippen molar-refractivity contribution in [3.63, 3.8) is 0 Å². The minimum Gasteiger partial charge on any atom is -0.452 e. The summed E-state index contributed by atoms with van der Waals surface area (Å²) in [6, 6.07) is 19.6. The summed E-state index contributed by atoms with van der Waals surface area (Å²) in [5, 5.41) is 9.39. The molecule has 1 aliphatic rings. The van der Waals surface area contributed by atoms with Gasteiger partial charge >= 0.3 is 0 Å². The van der Waals surface area contributed by atoms with Crippen LogP contribution in [0.4, 0.5) is 5.69 Å². The molecule has 48 heavy (non-hydrogen) atoms. The quantitative estimate of drug-likeness (QED) is 0.168. The fourth-order valence-corrected chi connectivity index (χ4v) is 5.81. The standard InChI is InChI=1S/C41H42N4O3/c1-24-19-28(23-42)20-25(2)36(24)46-34-17-15-32(44-34)39(48-38-30(40(5,6)7)13-12-14-31(38)41(8,9)10)33-16-18-35(45-33)47-37-26(3)21-29(43-11)22-27(37)4/h12-22,44H,1-10H3. The van der Waals surface area contributed by atoms with E-state index in [4.69, 9.17) is 25.8 Å². The van der Waals surface area contributed by atoms with E-state index in [1.165, 1.54) is 0 Å². The van der Waals surface area contributed by atoms with Crippen LogP contribution in [0.15, 0.2) is 77.4 Å². The van der Waals surface area contributed by atoms with Crippen molar-refractivity contribution in [2.45, 2.75) is 80.1 Å². The molecule has 1 N–H and O–H groups in total. The zero-order valence-corrected chi connectivity index (χ0v) is 29.4. The molecule has 7 nitrogen and oxygen atoms in total. The first kappa shape index (κ1) is 33.8. The highest BCUT2D eigenvalue weighted by Crippen LogP contribution is 2.43. The summed E-state index contributed by atoms with van der Waals surface area (Å²) in [5.74, 6) is 3.61. The van der Waals surface area contributed by atoms with E-state index in [0.717, 1.165) is 39.1 Å². The van der Waals surface area contributed by atoms with E-state index in [0.29, 0.717) is 51.7 Å². The summed E-state index contributed by atoms with van der Waals surface area (Å²) >= 11 is 0. The van der Waals surface area contributed by atoms with Gasteiger partial charge in [-0.25, -0.2) is 9.84 Å². The molecule has 2 heterocycles. The minimum absolute atomic E-state index is 0.198. The molecule has 0 fully saturated rings. The van der Waals surface area contributed by atoms with Crippen molar-refractivity contribution in [3.8, 4) is 29.2 Å². The third-order valence-corrected chi connectivity index (χ3v) is 8.17. The maximum absolute atomic E-state index is 9.39. The molecule has 0 aliphatic carbocycles. The van der Waals surface area contributed by atoms with Gasteiger partial charge in [0.15, 0.2) is 17.3 Å².